The molecule has 1 saturated carbocycles. The fourth-order valence-corrected chi connectivity index (χ4v) is 3.55. The lowest BCUT2D eigenvalue weighted by Gasteiger charge is -2.31. The van der Waals surface area contributed by atoms with Crippen molar-refractivity contribution in [1.82, 2.24) is 5.32 Å². The van der Waals surface area contributed by atoms with Gasteiger partial charge in [-0.05, 0) is 12.8 Å². The van der Waals surface area contributed by atoms with Crippen LogP contribution in [0.4, 0.5) is 0 Å². The minimum absolute atomic E-state index is 0.194. The van der Waals surface area contributed by atoms with E-state index in [4.69, 9.17) is 19.6 Å². The summed E-state index contributed by atoms with van der Waals surface area (Å²) < 4.78 is 21.6. The molecule has 0 heterocycles. The van der Waals surface area contributed by atoms with Crippen LogP contribution in [0, 0.1) is 0 Å². The second-order valence-electron chi connectivity index (χ2n) is 3.35. The summed E-state index contributed by atoms with van der Waals surface area (Å²) in [7, 11) is -9.61. The summed E-state index contributed by atoms with van der Waals surface area (Å²) in [5.74, 6) is 0. The molecule has 0 bridgehead atoms. The number of nitrogens with one attached hydrogen (secondary N) is 1. The maximum Gasteiger partial charge on any atom is 0.354 e. The first-order valence-electron chi connectivity index (χ1n) is 4.08. The van der Waals surface area contributed by atoms with Crippen LogP contribution in [-0.2, 0) is 9.13 Å². The summed E-state index contributed by atoms with van der Waals surface area (Å²) in [5.41, 5.74) is -2.06. The molecular weight excluding hydrogens is 232 g/mol. The van der Waals surface area contributed by atoms with E-state index in [0.29, 0.717) is 12.8 Å². The van der Waals surface area contributed by atoms with Gasteiger partial charge in [0.2, 0.25) is 5.52 Å². The third kappa shape index (κ3) is 3.14. The molecule has 0 aromatic heterocycles. The van der Waals surface area contributed by atoms with Crippen molar-refractivity contribution in [2.45, 2.75) is 30.8 Å². The summed E-state index contributed by atoms with van der Waals surface area (Å²) in [6, 6.07) is -0.194. The van der Waals surface area contributed by atoms with Crippen LogP contribution in [0.25, 0.3) is 0 Å². The molecule has 0 atom stereocenters. The Hall–Kier alpha value is 0.260. The van der Waals surface area contributed by atoms with Crippen LogP contribution in [0.1, 0.15) is 19.3 Å². The fourth-order valence-electron chi connectivity index (χ4n) is 1.18. The van der Waals surface area contributed by atoms with Crippen LogP contribution in [0.15, 0.2) is 0 Å². The Morgan fingerprint density at radius 3 is 1.71 bits per heavy atom. The average molecular weight is 245 g/mol. The quantitative estimate of drug-likeness (QED) is 0.433. The van der Waals surface area contributed by atoms with Crippen molar-refractivity contribution in [2.75, 3.05) is 0 Å². The highest BCUT2D eigenvalue weighted by Gasteiger charge is 2.44. The summed E-state index contributed by atoms with van der Waals surface area (Å²) in [5, 5.41) is 2.31. The molecule has 0 unspecified atom stereocenters. The zero-order chi connectivity index (χ0) is 11.0. The molecule has 5 N–H and O–H groups in total. The Bertz CT molecular complexity index is 269. The average Bonchev–Trinajstić information content (AvgIpc) is 1.76. The van der Waals surface area contributed by atoms with Crippen molar-refractivity contribution >= 4 is 15.2 Å². The Morgan fingerprint density at radius 2 is 1.50 bits per heavy atom. The number of hydrogen-bond acceptors (Lipinski definition) is 3. The Labute approximate surface area is 80.8 Å². The molecule has 0 aliphatic heterocycles. The Balaban J connectivity index is 2.72. The highest BCUT2D eigenvalue weighted by atomic mass is 31.2. The van der Waals surface area contributed by atoms with Gasteiger partial charge < -0.3 is 19.6 Å². The van der Waals surface area contributed by atoms with Gasteiger partial charge in [0.15, 0.2) is 0 Å². The Morgan fingerprint density at radius 1 is 1.07 bits per heavy atom. The minimum Gasteiger partial charge on any atom is -0.323 e. The maximum absolute atomic E-state index is 10.8. The van der Waals surface area contributed by atoms with Crippen molar-refractivity contribution < 1.29 is 28.7 Å². The molecule has 1 rings (SSSR count). The summed E-state index contributed by atoms with van der Waals surface area (Å²) in [6.45, 7) is 0. The van der Waals surface area contributed by atoms with Crippen LogP contribution in [-0.4, -0.2) is 31.1 Å². The Kier molecular flexibility index (Phi) is 3.54. The third-order valence-corrected chi connectivity index (χ3v) is 5.50. The van der Waals surface area contributed by atoms with E-state index < -0.39 is 20.7 Å². The van der Waals surface area contributed by atoms with E-state index in [1.807, 2.05) is 0 Å². The van der Waals surface area contributed by atoms with E-state index in [0.717, 1.165) is 6.42 Å². The van der Waals surface area contributed by atoms with Gasteiger partial charge in [0.1, 0.15) is 0 Å². The van der Waals surface area contributed by atoms with Gasteiger partial charge in [-0.1, -0.05) is 6.42 Å². The van der Waals surface area contributed by atoms with Crippen LogP contribution in [0.2, 0.25) is 0 Å². The predicted octanol–water partition coefficient (Wildman–Crippen LogP) is -0.233. The standard InChI is InChI=1S/C5H13NO6P2/c7-13(8,9)5(14(10,11)12)6-4-2-1-3-4/h4-6H,1-3H2,(H2,7,8,9)(H2,10,11,12). The molecular formula is C5H13NO6P2. The predicted molar refractivity (Wildman–Crippen MR) is 48.7 cm³/mol. The summed E-state index contributed by atoms with van der Waals surface area (Å²) in [6.07, 6.45) is 2.29. The summed E-state index contributed by atoms with van der Waals surface area (Å²) >= 11 is 0. The van der Waals surface area contributed by atoms with E-state index >= 15 is 0 Å². The van der Waals surface area contributed by atoms with Gasteiger partial charge in [-0.2, -0.15) is 0 Å². The molecule has 14 heavy (non-hydrogen) atoms. The van der Waals surface area contributed by atoms with Crippen LogP contribution >= 0.6 is 15.2 Å². The first kappa shape index (κ1) is 12.3. The molecule has 0 spiro atoms. The van der Waals surface area contributed by atoms with E-state index in [1.54, 1.807) is 0 Å². The topological polar surface area (TPSA) is 127 Å². The molecule has 84 valence electrons. The van der Waals surface area contributed by atoms with Gasteiger partial charge in [0.25, 0.3) is 0 Å². The molecule has 7 nitrogen and oxygen atoms in total. The van der Waals surface area contributed by atoms with Gasteiger partial charge in [0.05, 0.1) is 0 Å². The molecule has 0 radical (unpaired) electrons. The van der Waals surface area contributed by atoms with Crippen LogP contribution in [0.3, 0.4) is 0 Å². The molecule has 0 amide bonds. The maximum atomic E-state index is 10.8. The highest BCUT2D eigenvalue weighted by molar-refractivity contribution is 7.70. The van der Waals surface area contributed by atoms with E-state index in [2.05, 4.69) is 5.32 Å². The molecule has 9 heteroatoms. The second-order valence-corrected chi connectivity index (χ2v) is 7.14. The first-order valence-corrected chi connectivity index (χ1v) is 7.44. The third-order valence-electron chi connectivity index (χ3n) is 2.13. The lowest BCUT2D eigenvalue weighted by Crippen LogP contribution is -2.42. The SMILES string of the molecule is O=P(O)(O)C(NC1CCC1)P(=O)(O)O. The largest absolute Gasteiger partial charge is 0.354 e. The molecule has 1 fully saturated rings. The van der Waals surface area contributed by atoms with Gasteiger partial charge in [-0.15, -0.1) is 0 Å². The van der Waals surface area contributed by atoms with Gasteiger partial charge in [-0.3, -0.25) is 14.4 Å². The highest BCUT2D eigenvalue weighted by Crippen LogP contribution is 2.58. The van der Waals surface area contributed by atoms with Crippen molar-refractivity contribution in [1.29, 1.82) is 0 Å². The smallest absolute Gasteiger partial charge is 0.323 e. The fraction of sp³-hybridized carbons (Fsp3) is 1.00. The van der Waals surface area contributed by atoms with Gasteiger partial charge >= 0.3 is 15.2 Å². The normalized spacial score (nSPS) is 19.8. The van der Waals surface area contributed by atoms with E-state index in [9.17, 15) is 9.13 Å². The van der Waals surface area contributed by atoms with Crippen molar-refractivity contribution in [2.24, 2.45) is 0 Å². The molecule has 0 saturated heterocycles. The summed E-state index contributed by atoms with van der Waals surface area (Å²) in [4.78, 5) is 35.0. The molecule has 1 aliphatic carbocycles. The lowest BCUT2D eigenvalue weighted by atomic mass is 9.94. The van der Waals surface area contributed by atoms with E-state index in [1.165, 1.54) is 0 Å². The zero-order valence-corrected chi connectivity index (χ0v) is 9.06. The van der Waals surface area contributed by atoms with Gasteiger partial charge in [0, 0.05) is 6.04 Å². The van der Waals surface area contributed by atoms with E-state index in [-0.39, 0.29) is 6.04 Å². The van der Waals surface area contributed by atoms with Crippen molar-refractivity contribution in [3.05, 3.63) is 0 Å². The number of rotatable bonds is 4. The zero-order valence-electron chi connectivity index (χ0n) is 7.28. The molecule has 0 aromatic rings. The van der Waals surface area contributed by atoms with Crippen molar-refractivity contribution in [3.8, 4) is 0 Å². The second kappa shape index (κ2) is 4.02. The van der Waals surface area contributed by atoms with Crippen LogP contribution in [0.5, 0.6) is 0 Å². The van der Waals surface area contributed by atoms with Crippen LogP contribution < -0.4 is 5.32 Å². The molecule has 0 aromatic carbocycles. The minimum atomic E-state index is -4.80. The van der Waals surface area contributed by atoms with Gasteiger partial charge in [-0.25, -0.2) is 0 Å². The monoisotopic (exact) mass is 245 g/mol. The lowest BCUT2D eigenvalue weighted by molar-refractivity contribution is 0.289. The number of hydrogen-bond donors (Lipinski definition) is 5. The van der Waals surface area contributed by atoms with Crippen molar-refractivity contribution in [3.63, 3.8) is 0 Å². The molecule has 1 aliphatic rings. The first-order chi connectivity index (χ1) is 6.21.